The minimum absolute atomic E-state index is 0. The van der Waals surface area contributed by atoms with Crippen LogP contribution in [0.4, 0.5) is 0 Å². The minimum atomic E-state index is -1.56. The smallest absolute Gasteiger partial charge is 0.148 e. The van der Waals surface area contributed by atoms with Crippen LogP contribution in [0.5, 0.6) is 0 Å². The highest BCUT2D eigenvalue weighted by molar-refractivity contribution is 14.0. The van der Waals surface area contributed by atoms with Crippen molar-refractivity contribution in [2.24, 2.45) is 0 Å². The van der Waals surface area contributed by atoms with Crippen molar-refractivity contribution in [1.29, 1.82) is 0 Å². The van der Waals surface area contributed by atoms with E-state index in [0.717, 1.165) is 0 Å². The molecule has 3 rings (SSSR count). The molecular weight excluding hydrogens is 667 g/mol. The first-order valence-electron chi connectivity index (χ1n) is 11.8. The molecule has 3 aliphatic rings. The van der Waals surface area contributed by atoms with E-state index in [1.807, 2.05) is 0 Å². The molecule has 0 aromatic rings. The van der Waals surface area contributed by atoms with E-state index in [4.69, 9.17) is 36.0 Å². The third-order valence-corrected chi connectivity index (χ3v) is 6.33. The molecule has 3 fully saturated rings. The molecule has 0 unspecified atom stereocenters. The SMILES string of the molecule is C.C#C[C@H]1O[C@H](CO)[C@@H](O)[C@H](O)[C@@H]1O.I.OC[C@H]1O[C@H](C#CC#C[C@H]2O[C@H](CO)[C@@H](O)[C@H](O)[C@@H]2O)[C@@H](O)[C@@H](O)[C@@H]1O. The van der Waals surface area contributed by atoms with Crippen LogP contribution in [0, 0.1) is 36.0 Å². The van der Waals surface area contributed by atoms with Crippen molar-refractivity contribution >= 4 is 24.0 Å². The molecule has 15 atom stereocenters. The first-order chi connectivity index (χ1) is 18.4. The van der Waals surface area contributed by atoms with Gasteiger partial charge >= 0.3 is 0 Å². The minimum Gasteiger partial charge on any atom is -0.394 e. The van der Waals surface area contributed by atoms with Gasteiger partial charge in [0.05, 0.1) is 19.8 Å². The summed E-state index contributed by atoms with van der Waals surface area (Å²) < 4.78 is 15.3. The van der Waals surface area contributed by atoms with Crippen LogP contribution in [-0.2, 0) is 14.2 Å². The Morgan fingerprint density at radius 1 is 0.463 bits per heavy atom. The second kappa shape index (κ2) is 18.5. The predicted molar refractivity (Wildman–Crippen MR) is 148 cm³/mol. The lowest BCUT2D eigenvalue weighted by Crippen LogP contribution is -2.58. The second-order valence-electron chi connectivity index (χ2n) is 8.95. The zero-order valence-corrected chi connectivity index (χ0v) is 23.2. The summed E-state index contributed by atoms with van der Waals surface area (Å²) in [5.41, 5.74) is 0. The Morgan fingerprint density at radius 2 is 0.732 bits per heavy atom. The topological polar surface area (TPSA) is 270 Å². The van der Waals surface area contributed by atoms with E-state index < -0.39 is 111 Å². The number of rotatable bonds is 3. The normalized spacial score (nSPS) is 43.5. The summed E-state index contributed by atoms with van der Waals surface area (Å²) in [6, 6.07) is 0. The van der Waals surface area contributed by atoms with Crippen LogP contribution in [-0.4, -0.2) is 173 Å². The Bertz CT molecular complexity index is 883. The van der Waals surface area contributed by atoms with E-state index in [1.54, 1.807) is 0 Å². The fourth-order valence-corrected chi connectivity index (χ4v) is 3.90. The van der Waals surface area contributed by atoms with Crippen molar-refractivity contribution in [2.75, 3.05) is 19.8 Å². The second-order valence-corrected chi connectivity index (χ2v) is 8.95. The van der Waals surface area contributed by atoms with Crippen molar-refractivity contribution in [2.45, 2.75) is 99.0 Å². The van der Waals surface area contributed by atoms with Gasteiger partial charge < -0.3 is 75.5 Å². The summed E-state index contributed by atoms with van der Waals surface area (Å²) in [7, 11) is 0. The number of ether oxygens (including phenoxy) is 3. The van der Waals surface area contributed by atoms with Crippen molar-refractivity contribution in [3.8, 4) is 36.0 Å². The van der Waals surface area contributed by atoms with Gasteiger partial charge in [0, 0.05) is 0 Å². The van der Waals surface area contributed by atoms with E-state index in [0.29, 0.717) is 0 Å². The van der Waals surface area contributed by atoms with E-state index in [2.05, 4.69) is 29.6 Å². The third-order valence-electron chi connectivity index (χ3n) is 6.33. The largest absolute Gasteiger partial charge is 0.394 e. The molecular formula is C25H39IO15. The number of hydrogen-bond donors (Lipinski definition) is 12. The van der Waals surface area contributed by atoms with E-state index in [9.17, 15) is 46.0 Å². The summed E-state index contributed by atoms with van der Waals surface area (Å²) in [5.74, 6) is 11.6. The van der Waals surface area contributed by atoms with Gasteiger partial charge in [-0.25, -0.2) is 0 Å². The number of aliphatic hydroxyl groups excluding tert-OH is 12. The number of aliphatic hydroxyl groups is 12. The Kier molecular flexibility index (Phi) is 17.9. The highest BCUT2D eigenvalue weighted by Gasteiger charge is 2.44. The van der Waals surface area contributed by atoms with Crippen LogP contribution >= 0.6 is 24.0 Å². The van der Waals surface area contributed by atoms with Crippen molar-refractivity contribution < 1.29 is 75.5 Å². The number of hydrogen-bond acceptors (Lipinski definition) is 15. The van der Waals surface area contributed by atoms with Gasteiger partial charge in [-0.05, 0) is 11.8 Å². The highest BCUT2D eigenvalue weighted by atomic mass is 127. The van der Waals surface area contributed by atoms with Gasteiger partial charge in [0.2, 0.25) is 0 Å². The van der Waals surface area contributed by atoms with Gasteiger partial charge in [-0.2, -0.15) is 0 Å². The maximum Gasteiger partial charge on any atom is 0.148 e. The predicted octanol–water partition coefficient (Wildman–Crippen LogP) is -6.61. The van der Waals surface area contributed by atoms with E-state index in [1.165, 1.54) is 0 Å². The average Bonchev–Trinajstić information content (AvgIpc) is 2.94. The quantitative estimate of drug-likeness (QED) is 0.0961. The molecule has 3 aliphatic heterocycles. The molecule has 3 saturated heterocycles. The molecule has 236 valence electrons. The van der Waals surface area contributed by atoms with Crippen molar-refractivity contribution in [1.82, 2.24) is 0 Å². The molecule has 0 aliphatic carbocycles. The van der Waals surface area contributed by atoms with Crippen LogP contribution in [0.15, 0.2) is 0 Å². The first kappa shape index (κ1) is 39.8. The Hall–Kier alpha value is -1.19. The summed E-state index contributed by atoms with van der Waals surface area (Å²) in [5, 5.41) is 113. The van der Waals surface area contributed by atoms with Crippen molar-refractivity contribution in [3.05, 3.63) is 0 Å². The average molecular weight is 706 g/mol. The van der Waals surface area contributed by atoms with Gasteiger partial charge in [0.15, 0.2) is 0 Å². The lowest BCUT2D eigenvalue weighted by molar-refractivity contribution is -0.214. The van der Waals surface area contributed by atoms with E-state index >= 15 is 0 Å². The molecule has 3 heterocycles. The Morgan fingerprint density at radius 3 is 1.00 bits per heavy atom. The van der Waals surface area contributed by atoms with Gasteiger partial charge in [-0.15, -0.1) is 30.4 Å². The summed E-state index contributed by atoms with van der Waals surface area (Å²) >= 11 is 0. The van der Waals surface area contributed by atoms with Crippen LogP contribution in [0.1, 0.15) is 7.43 Å². The monoisotopic (exact) mass is 706 g/mol. The van der Waals surface area contributed by atoms with E-state index in [-0.39, 0.29) is 31.4 Å². The maximum atomic E-state index is 9.82. The zero-order chi connectivity index (χ0) is 29.4. The number of terminal acetylenes is 1. The molecule has 0 aromatic heterocycles. The molecule has 15 nitrogen and oxygen atoms in total. The fourth-order valence-electron chi connectivity index (χ4n) is 3.90. The summed E-state index contributed by atoms with van der Waals surface area (Å²) in [6.07, 6.45) is -14.7. The van der Waals surface area contributed by atoms with Gasteiger partial charge in [-0.1, -0.05) is 25.2 Å². The Balaban J connectivity index is 0.000000906. The van der Waals surface area contributed by atoms with Crippen LogP contribution < -0.4 is 0 Å². The zero-order valence-electron chi connectivity index (χ0n) is 20.9. The molecule has 0 spiro atoms. The molecule has 0 radical (unpaired) electrons. The standard InChI is InChI=1S/C16H22O10.C8H12O5.CH4.HI/c17-5-9-13(21)15(23)11(19)7(25-9)3-1-2-4-8-12(20)16(24)14(22)10(6-18)26-8;1-2-4-6(10)8(12)7(11)5(3-9)13-4;;/h7-24H,5-6H2;1,4-12H,3H2;1H4;1H/t7-,8-,9-,10-,11-,12-,13-,14-,15-,16-;4-,5-,6-,7-,8-;;/m11../s1. The fraction of sp³-hybridized carbons (Fsp3) is 0.760. The Labute approximate surface area is 254 Å². The summed E-state index contributed by atoms with van der Waals surface area (Å²) in [6.45, 7) is -1.62. The van der Waals surface area contributed by atoms with Gasteiger partial charge in [0.1, 0.15) is 91.6 Å². The molecule has 0 bridgehead atoms. The lowest BCUT2D eigenvalue weighted by atomic mass is 9.95. The van der Waals surface area contributed by atoms with Crippen LogP contribution in [0.25, 0.3) is 0 Å². The number of halogens is 1. The highest BCUT2D eigenvalue weighted by Crippen LogP contribution is 2.22. The maximum absolute atomic E-state index is 9.82. The van der Waals surface area contributed by atoms with Crippen LogP contribution in [0.2, 0.25) is 0 Å². The van der Waals surface area contributed by atoms with Gasteiger partial charge in [0.25, 0.3) is 0 Å². The molecule has 0 aromatic carbocycles. The molecule has 16 heteroatoms. The molecule has 12 N–H and O–H groups in total. The third kappa shape index (κ3) is 9.65. The van der Waals surface area contributed by atoms with Crippen molar-refractivity contribution in [3.63, 3.8) is 0 Å². The molecule has 0 amide bonds. The van der Waals surface area contributed by atoms with Crippen LogP contribution in [0.3, 0.4) is 0 Å². The molecule has 41 heavy (non-hydrogen) atoms. The first-order valence-corrected chi connectivity index (χ1v) is 11.8. The molecule has 0 saturated carbocycles. The summed E-state index contributed by atoms with van der Waals surface area (Å²) in [4.78, 5) is 0. The lowest BCUT2D eigenvalue weighted by Gasteiger charge is -2.38. The van der Waals surface area contributed by atoms with Gasteiger partial charge in [-0.3, -0.25) is 0 Å².